The van der Waals surface area contributed by atoms with Crippen LogP contribution in [0.2, 0.25) is 0 Å². The zero-order valence-corrected chi connectivity index (χ0v) is 20.7. The van der Waals surface area contributed by atoms with Gasteiger partial charge >= 0.3 is 5.97 Å². The Kier molecular flexibility index (Phi) is 7.12. The molecule has 37 heavy (non-hydrogen) atoms. The molecule has 3 aromatic carbocycles. The number of halogens is 4. The molecule has 0 amide bonds. The molecule has 0 radical (unpaired) electrons. The van der Waals surface area contributed by atoms with Gasteiger partial charge in [-0.25, -0.2) is 22.4 Å². The van der Waals surface area contributed by atoms with Crippen molar-refractivity contribution in [1.29, 1.82) is 0 Å². The normalized spacial score (nSPS) is 11.5. The van der Waals surface area contributed by atoms with E-state index in [4.69, 9.17) is 9.47 Å². The van der Waals surface area contributed by atoms with Crippen molar-refractivity contribution >= 4 is 5.97 Å². The molecule has 0 aliphatic carbocycles. The molecule has 4 nitrogen and oxygen atoms in total. The van der Waals surface area contributed by atoms with E-state index in [2.05, 4.69) is 0 Å². The maximum absolute atomic E-state index is 14.3. The lowest BCUT2D eigenvalue weighted by atomic mass is 10.0. The number of esters is 1. The van der Waals surface area contributed by atoms with Gasteiger partial charge in [-0.15, -0.1) is 0 Å². The minimum absolute atomic E-state index is 0.123. The second-order valence-corrected chi connectivity index (χ2v) is 8.81. The van der Waals surface area contributed by atoms with Crippen molar-refractivity contribution in [2.75, 3.05) is 7.11 Å². The summed E-state index contributed by atoms with van der Waals surface area (Å²) >= 11 is 0. The van der Waals surface area contributed by atoms with E-state index in [0.29, 0.717) is 28.1 Å². The average molecular weight is 512 g/mol. The second kappa shape index (κ2) is 10.1. The van der Waals surface area contributed by atoms with E-state index < -0.39 is 23.5 Å². The molecule has 4 aromatic rings. The van der Waals surface area contributed by atoms with Crippen LogP contribution in [0.5, 0.6) is 5.75 Å². The molecule has 192 valence electrons. The summed E-state index contributed by atoms with van der Waals surface area (Å²) in [5, 5.41) is 0. The number of benzene rings is 3. The lowest BCUT2D eigenvalue weighted by Gasteiger charge is -2.19. The number of methoxy groups -OCH3 is 1. The van der Waals surface area contributed by atoms with E-state index in [-0.39, 0.29) is 23.5 Å². The quantitative estimate of drug-likeness (QED) is 0.190. The van der Waals surface area contributed by atoms with Crippen molar-refractivity contribution in [1.82, 2.24) is 4.57 Å². The molecule has 0 aliphatic heterocycles. The van der Waals surface area contributed by atoms with E-state index in [1.807, 2.05) is 17.6 Å². The number of nitrogens with zero attached hydrogens (tertiary/aromatic N) is 1. The summed E-state index contributed by atoms with van der Waals surface area (Å²) in [6, 6.07) is 16.0. The van der Waals surface area contributed by atoms with Crippen LogP contribution in [-0.4, -0.2) is 17.6 Å². The van der Waals surface area contributed by atoms with Crippen LogP contribution in [-0.2, 0) is 17.3 Å². The minimum Gasteiger partial charge on any atom is -0.488 e. The predicted molar refractivity (Wildman–Crippen MR) is 132 cm³/mol. The minimum atomic E-state index is -3.11. The summed E-state index contributed by atoms with van der Waals surface area (Å²) in [4.78, 5) is 12.0. The van der Waals surface area contributed by atoms with Crippen LogP contribution in [0.25, 0.3) is 16.9 Å². The van der Waals surface area contributed by atoms with Gasteiger partial charge in [0.15, 0.2) is 0 Å². The van der Waals surface area contributed by atoms with Crippen molar-refractivity contribution in [2.45, 2.75) is 33.3 Å². The van der Waals surface area contributed by atoms with Crippen molar-refractivity contribution in [3.63, 3.8) is 0 Å². The fraction of sp³-hybridized carbons (Fsp3) is 0.207. The molecular formula is C29H25F4NO3. The monoisotopic (exact) mass is 511 g/mol. The smallest absolute Gasteiger partial charge is 0.338 e. The molecule has 0 bridgehead atoms. The largest absolute Gasteiger partial charge is 0.488 e. The molecule has 4 rings (SSSR count). The highest BCUT2D eigenvalue weighted by molar-refractivity contribution is 5.91. The number of aryl methyl sites for hydroxylation is 2. The molecule has 0 spiro atoms. The standard InChI is InChI=1S/C29H25F4NO3/c1-17-13-22(9-10-23(17)28(35)36-4)34-18(2)5-11-26(34)24-14-20(29(3,32)33)7-12-27(24)37-16-19-6-8-21(30)15-25(19)31/h5-15H,16H2,1-4H3. The lowest BCUT2D eigenvalue weighted by molar-refractivity contribution is 0.0174. The zero-order chi connectivity index (χ0) is 26.9. The van der Waals surface area contributed by atoms with Crippen LogP contribution in [0.1, 0.15) is 39.7 Å². The van der Waals surface area contributed by atoms with Gasteiger partial charge in [-0.05, 0) is 80.1 Å². The highest BCUT2D eigenvalue weighted by Crippen LogP contribution is 2.39. The molecular weight excluding hydrogens is 486 g/mol. The number of hydrogen-bond acceptors (Lipinski definition) is 3. The lowest BCUT2D eigenvalue weighted by Crippen LogP contribution is -2.09. The van der Waals surface area contributed by atoms with Gasteiger partial charge in [0.05, 0.1) is 18.4 Å². The molecule has 0 unspecified atom stereocenters. The molecule has 0 fully saturated rings. The maximum Gasteiger partial charge on any atom is 0.338 e. The van der Waals surface area contributed by atoms with Gasteiger partial charge in [-0.1, -0.05) is 0 Å². The van der Waals surface area contributed by atoms with Crippen LogP contribution >= 0.6 is 0 Å². The molecule has 0 atom stereocenters. The first-order valence-corrected chi connectivity index (χ1v) is 11.5. The van der Waals surface area contributed by atoms with E-state index in [1.165, 1.54) is 31.4 Å². The van der Waals surface area contributed by atoms with Gasteiger partial charge < -0.3 is 14.0 Å². The Morgan fingerprint density at radius 2 is 1.70 bits per heavy atom. The number of ether oxygens (including phenoxy) is 2. The number of alkyl halides is 2. The maximum atomic E-state index is 14.3. The Balaban J connectivity index is 1.82. The van der Waals surface area contributed by atoms with Crippen molar-refractivity contribution in [2.24, 2.45) is 0 Å². The zero-order valence-electron chi connectivity index (χ0n) is 20.7. The van der Waals surface area contributed by atoms with Crippen LogP contribution < -0.4 is 4.74 Å². The fourth-order valence-electron chi connectivity index (χ4n) is 4.14. The SMILES string of the molecule is COC(=O)c1ccc(-n2c(C)ccc2-c2cc(C(C)(F)F)ccc2OCc2ccc(F)cc2F)cc1C. The van der Waals surface area contributed by atoms with E-state index in [1.54, 1.807) is 31.2 Å². The summed E-state index contributed by atoms with van der Waals surface area (Å²) in [5.74, 6) is -4.80. The number of hydrogen-bond donors (Lipinski definition) is 0. The van der Waals surface area contributed by atoms with Gasteiger partial charge in [-0.3, -0.25) is 0 Å². The molecule has 1 heterocycles. The third-order valence-electron chi connectivity index (χ3n) is 6.11. The van der Waals surface area contributed by atoms with E-state index >= 15 is 0 Å². The third-order valence-corrected chi connectivity index (χ3v) is 6.11. The summed E-state index contributed by atoms with van der Waals surface area (Å²) in [5.41, 5.74) is 3.43. The van der Waals surface area contributed by atoms with Crippen LogP contribution in [0.3, 0.4) is 0 Å². The first-order valence-electron chi connectivity index (χ1n) is 11.5. The van der Waals surface area contributed by atoms with E-state index in [0.717, 1.165) is 24.8 Å². The summed E-state index contributed by atoms with van der Waals surface area (Å²) < 4.78 is 68.6. The van der Waals surface area contributed by atoms with Crippen molar-refractivity contribution in [3.8, 4) is 22.7 Å². The predicted octanol–water partition coefficient (Wildman–Crippen LogP) is 7.52. The number of aromatic nitrogens is 1. The number of carbonyl (C=O) groups excluding carboxylic acids is 1. The molecule has 0 saturated heterocycles. The van der Waals surface area contributed by atoms with Crippen LogP contribution in [0, 0.1) is 25.5 Å². The van der Waals surface area contributed by atoms with Crippen molar-refractivity contribution < 1.29 is 31.8 Å². The Bertz CT molecular complexity index is 1470. The Hall–Kier alpha value is -4.07. The Morgan fingerprint density at radius 1 is 0.946 bits per heavy atom. The molecule has 0 N–H and O–H groups in total. The molecule has 8 heteroatoms. The average Bonchev–Trinajstić information content (AvgIpc) is 3.23. The fourth-order valence-corrected chi connectivity index (χ4v) is 4.14. The van der Waals surface area contributed by atoms with E-state index in [9.17, 15) is 22.4 Å². The second-order valence-electron chi connectivity index (χ2n) is 8.81. The first-order chi connectivity index (χ1) is 17.5. The first kappa shape index (κ1) is 26.0. The Morgan fingerprint density at radius 3 is 2.35 bits per heavy atom. The van der Waals surface area contributed by atoms with Crippen molar-refractivity contribution in [3.05, 3.63) is 106 Å². The third kappa shape index (κ3) is 5.38. The van der Waals surface area contributed by atoms with Crippen LogP contribution in [0.4, 0.5) is 17.6 Å². The van der Waals surface area contributed by atoms with Gasteiger partial charge in [0.2, 0.25) is 0 Å². The highest BCUT2D eigenvalue weighted by atomic mass is 19.3. The van der Waals surface area contributed by atoms with Gasteiger partial charge in [0.25, 0.3) is 5.92 Å². The topological polar surface area (TPSA) is 40.5 Å². The molecule has 0 saturated carbocycles. The van der Waals surface area contributed by atoms with Crippen LogP contribution in [0.15, 0.2) is 66.7 Å². The molecule has 0 aliphatic rings. The molecule has 1 aromatic heterocycles. The summed E-state index contributed by atoms with van der Waals surface area (Å²) in [6.07, 6.45) is 0. The summed E-state index contributed by atoms with van der Waals surface area (Å²) in [6.45, 7) is 4.21. The highest BCUT2D eigenvalue weighted by Gasteiger charge is 2.27. The summed E-state index contributed by atoms with van der Waals surface area (Å²) in [7, 11) is 1.31. The number of carbonyl (C=O) groups is 1. The number of rotatable bonds is 7. The van der Waals surface area contributed by atoms with Gasteiger partial charge in [-0.2, -0.15) is 0 Å². The Labute approximate surface area is 212 Å². The van der Waals surface area contributed by atoms with Gasteiger partial charge in [0, 0.05) is 41.1 Å². The van der Waals surface area contributed by atoms with Gasteiger partial charge in [0.1, 0.15) is 24.0 Å².